The Labute approximate surface area is 244 Å². The van der Waals surface area contributed by atoms with Crippen LogP contribution >= 0.6 is 22.6 Å². The minimum Gasteiger partial charge on any atom is -0.494 e. The summed E-state index contributed by atoms with van der Waals surface area (Å²) in [5.41, 5.74) is 3.61. The van der Waals surface area contributed by atoms with Crippen molar-refractivity contribution in [3.8, 4) is 17.2 Å². The van der Waals surface area contributed by atoms with E-state index in [0.717, 1.165) is 6.42 Å². The molecule has 3 aromatic carbocycles. The van der Waals surface area contributed by atoms with Gasteiger partial charge in [-0.3, -0.25) is 14.4 Å². The van der Waals surface area contributed by atoms with Crippen LogP contribution in [0.1, 0.15) is 25.8 Å². The van der Waals surface area contributed by atoms with Gasteiger partial charge in [-0.2, -0.15) is 5.10 Å². The maximum Gasteiger partial charge on any atom is 0.329 e. The summed E-state index contributed by atoms with van der Waals surface area (Å²) < 4.78 is 30.5. The molecule has 40 heavy (non-hydrogen) atoms. The highest BCUT2D eigenvalue weighted by Crippen LogP contribution is 2.34. The first-order valence-electron chi connectivity index (χ1n) is 12.3. The summed E-state index contributed by atoms with van der Waals surface area (Å²) in [6.07, 6.45) is 2.22. The molecule has 0 aliphatic carbocycles. The van der Waals surface area contributed by atoms with Gasteiger partial charge in [0.05, 0.1) is 23.0 Å². The standard InChI is InChI=1S/C28H28FIN4O6/c1-3-13-39-22-11-9-21(10-12-22)33-27(36)28(37)34-31-16-18-14-23(30)26(24(15-18)38-4-2)40-17-25(35)32-20-7-5-19(29)6-8-20/h5-12,14-16H,3-4,13,17H2,1-2H3,(H,32,35)(H,33,36)(H,34,37)/b31-16-. The molecule has 3 aromatic rings. The molecule has 0 saturated heterocycles. The number of rotatable bonds is 12. The minimum absolute atomic E-state index is 0.305. The van der Waals surface area contributed by atoms with Crippen LogP contribution in [0.2, 0.25) is 0 Å². The molecule has 0 bridgehead atoms. The molecule has 0 spiro atoms. The fraction of sp³-hybridized carbons (Fsp3) is 0.214. The van der Waals surface area contributed by atoms with E-state index >= 15 is 0 Å². The lowest BCUT2D eigenvalue weighted by atomic mass is 10.2. The summed E-state index contributed by atoms with van der Waals surface area (Å²) >= 11 is 2.02. The first-order chi connectivity index (χ1) is 19.3. The second-order valence-electron chi connectivity index (χ2n) is 8.13. The second-order valence-corrected chi connectivity index (χ2v) is 9.30. The first-order valence-corrected chi connectivity index (χ1v) is 13.4. The van der Waals surface area contributed by atoms with Crippen LogP contribution in [0.5, 0.6) is 17.2 Å². The van der Waals surface area contributed by atoms with E-state index in [1.807, 2.05) is 29.5 Å². The number of anilines is 2. The van der Waals surface area contributed by atoms with E-state index in [0.29, 0.717) is 51.0 Å². The number of benzene rings is 3. The van der Waals surface area contributed by atoms with Gasteiger partial charge >= 0.3 is 11.8 Å². The largest absolute Gasteiger partial charge is 0.494 e. The Hall–Kier alpha value is -4.20. The van der Waals surface area contributed by atoms with E-state index in [4.69, 9.17) is 14.2 Å². The van der Waals surface area contributed by atoms with Crippen molar-refractivity contribution < 1.29 is 33.0 Å². The highest BCUT2D eigenvalue weighted by atomic mass is 127. The maximum absolute atomic E-state index is 13.1. The molecule has 0 fully saturated rings. The molecule has 0 saturated carbocycles. The summed E-state index contributed by atoms with van der Waals surface area (Å²) in [4.78, 5) is 36.6. The smallest absolute Gasteiger partial charge is 0.329 e. The number of carbonyl (C=O) groups excluding carboxylic acids is 3. The zero-order valence-electron chi connectivity index (χ0n) is 21.8. The number of ether oxygens (including phenoxy) is 3. The Bertz CT molecular complexity index is 1350. The van der Waals surface area contributed by atoms with Crippen molar-refractivity contribution in [1.82, 2.24) is 5.43 Å². The van der Waals surface area contributed by atoms with Crippen molar-refractivity contribution in [3.05, 3.63) is 75.6 Å². The highest BCUT2D eigenvalue weighted by molar-refractivity contribution is 14.1. The fourth-order valence-electron chi connectivity index (χ4n) is 3.19. The number of hydrogen-bond donors (Lipinski definition) is 3. The maximum atomic E-state index is 13.1. The molecule has 0 aromatic heterocycles. The third kappa shape index (κ3) is 9.52. The van der Waals surface area contributed by atoms with E-state index < -0.39 is 23.5 Å². The Morgan fingerprint density at radius 3 is 2.25 bits per heavy atom. The van der Waals surface area contributed by atoms with Crippen LogP contribution in [0.4, 0.5) is 15.8 Å². The predicted octanol–water partition coefficient (Wildman–Crippen LogP) is 4.72. The zero-order valence-corrected chi connectivity index (χ0v) is 24.0. The number of hydrogen-bond acceptors (Lipinski definition) is 7. The van der Waals surface area contributed by atoms with Crippen LogP contribution in [0, 0.1) is 9.39 Å². The van der Waals surface area contributed by atoms with E-state index in [2.05, 4.69) is 21.2 Å². The molecule has 0 aliphatic rings. The molecule has 210 valence electrons. The van der Waals surface area contributed by atoms with Crippen LogP contribution in [-0.2, 0) is 14.4 Å². The lowest BCUT2D eigenvalue weighted by Crippen LogP contribution is -2.32. The van der Waals surface area contributed by atoms with Crippen LogP contribution in [-0.4, -0.2) is 43.8 Å². The molecule has 10 nitrogen and oxygen atoms in total. The normalized spacial score (nSPS) is 10.6. The monoisotopic (exact) mass is 662 g/mol. The minimum atomic E-state index is -0.950. The van der Waals surface area contributed by atoms with Crippen molar-refractivity contribution in [1.29, 1.82) is 0 Å². The SMILES string of the molecule is CCCOc1ccc(NC(=O)C(=O)N/N=C\c2cc(I)c(OCC(=O)Nc3ccc(F)cc3)c(OCC)c2)cc1. The van der Waals surface area contributed by atoms with E-state index in [-0.39, 0.29) is 6.61 Å². The summed E-state index contributed by atoms with van der Waals surface area (Å²) in [7, 11) is 0. The summed E-state index contributed by atoms with van der Waals surface area (Å²) in [6.45, 7) is 4.41. The van der Waals surface area contributed by atoms with Gasteiger partial charge in [0, 0.05) is 11.4 Å². The van der Waals surface area contributed by atoms with Gasteiger partial charge in [0.1, 0.15) is 11.6 Å². The summed E-state index contributed by atoms with van der Waals surface area (Å²) in [5.74, 6) is -1.29. The van der Waals surface area contributed by atoms with Crippen LogP contribution in [0.3, 0.4) is 0 Å². The Kier molecular flexibility index (Phi) is 11.7. The van der Waals surface area contributed by atoms with Crippen molar-refractivity contribution in [2.24, 2.45) is 5.10 Å². The average Bonchev–Trinajstić information content (AvgIpc) is 2.93. The van der Waals surface area contributed by atoms with Crippen molar-refractivity contribution in [3.63, 3.8) is 0 Å². The molecule has 3 N–H and O–H groups in total. The van der Waals surface area contributed by atoms with E-state index in [1.54, 1.807) is 43.3 Å². The highest BCUT2D eigenvalue weighted by Gasteiger charge is 2.15. The van der Waals surface area contributed by atoms with Gasteiger partial charge in [-0.15, -0.1) is 0 Å². The number of nitrogens with zero attached hydrogens (tertiary/aromatic N) is 1. The zero-order chi connectivity index (χ0) is 28.9. The van der Waals surface area contributed by atoms with Gasteiger partial charge in [-0.05, 0) is 102 Å². The van der Waals surface area contributed by atoms with Gasteiger partial charge < -0.3 is 24.8 Å². The third-order valence-electron chi connectivity index (χ3n) is 4.98. The summed E-state index contributed by atoms with van der Waals surface area (Å²) in [5, 5.41) is 8.97. The van der Waals surface area contributed by atoms with Gasteiger partial charge in [0.25, 0.3) is 5.91 Å². The molecular formula is C28H28FIN4O6. The molecule has 0 heterocycles. The predicted molar refractivity (Wildman–Crippen MR) is 157 cm³/mol. The molecule has 3 amide bonds. The number of halogens is 2. The molecule has 0 radical (unpaired) electrons. The lowest BCUT2D eigenvalue weighted by Gasteiger charge is -2.14. The number of carbonyl (C=O) groups is 3. The van der Waals surface area contributed by atoms with Crippen molar-refractivity contribution >= 4 is 57.9 Å². The van der Waals surface area contributed by atoms with Crippen molar-refractivity contribution in [2.45, 2.75) is 20.3 Å². The van der Waals surface area contributed by atoms with Crippen LogP contribution < -0.4 is 30.3 Å². The fourth-order valence-corrected chi connectivity index (χ4v) is 3.97. The lowest BCUT2D eigenvalue weighted by molar-refractivity contribution is -0.136. The molecule has 3 rings (SSSR count). The van der Waals surface area contributed by atoms with Crippen molar-refractivity contribution in [2.75, 3.05) is 30.5 Å². The van der Waals surface area contributed by atoms with E-state index in [1.165, 1.54) is 30.5 Å². The molecule has 12 heteroatoms. The molecule has 0 aliphatic heterocycles. The van der Waals surface area contributed by atoms with Gasteiger partial charge in [-0.25, -0.2) is 9.82 Å². The molecule has 0 atom stereocenters. The summed E-state index contributed by atoms with van der Waals surface area (Å²) in [6, 6.07) is 15.4. The Balaban J connectivity index is 1.56. The topological polar surface area (TPSA) is 127 Å². The quantitative estimate of drug-likeness (QED) is 0.112. The third-order valence-corrected chi connectivity index (χ3v) is 5.78. The van der Waals surface area contributed by atoms with Crippen LogP contribution in [0.15, 0.2) is 65.8 Å². The molecular weight excluding hydrogens is 634 g/mol. The number of nitrogens with one attached hydrogen (secondary N) is 3. The van der Waals surface area contributed by atoms with E-state index in [9.17, 15) is 18.8 Å². The Morgan fingerprint density at radius 1 is 0.900 bits per heavy atom. The number of amides is 3. The molecule has 0 unspecified atom stereocenters. The van der Waals surface area contributed by atoms with Gasteiger partial charge in [-0.1, -0.05) is 6.92 Å². The average molecular weight is 662 g/mol. The van der Waals surface area contributed by atoms with Gasteiger partial charge in [0.15, 0.2) is 18.1 Å². The van der Waals surface area contributed by atoms with Gasteiger partial charge in [0.2, 0.25) is 0 Å². The second kappa shape index (κ2) is 15.4. The first kappa shape index (κ1) is 30.3. The Morgan fingerprint density at radius 2 is 1.57 bits per heavy atom. The number of hydrazone groups is 1. The van der Waals surface area contributed by atoms with Crippen LogP contribution in [0.25, 0.3) is 0 Å².